The number of fused-ring (bicyclic) bond motifs is 4. The molecule has 0 aromatic heterocycles. The average molecular weight is 782 g/mol. The van der Waals surface area contributed by atoms with Crippen molar-refractivity contribution in [1.29, 1.82) is 0 Å². The molecule has 3 aliphatic rings. The zero-order valence-corrected chi connectivity index (χ0v) is 35.3. The Morgan fingerprint density at radius 2 is 1.18 bits per heavy atom. The van der Waals surface area contributed by atoms with E-state index in [0.717, 1.165) is 73.7 Å². The van der Waals surface area contributed by atoms with E-state index in [1.807, 2.05) is 24.3 Å². The lowest BCUT2D eigenvalue weighted by molar-refractivity contribution is 0.475. The molecule has 1 N–H and O–H groups in total. The average Bonchev–Trinajstić information content (AvgIpc) is 3.91. The molecule has 0 unspecified atom stereocenters. The molecule has 1 aliphatic carbocycles. The first-order chi connectivity index (χ1) is 29.1. The predicted octanol–water partition coefficient (Wildman–Crippen LogP) is 14.0. The van der Waals surface area contributed by atoms with E-state index in [1.165, 1.54) is 27.9 Å². The van der Waals surface area contributed by atoms with E-state index in [0.29, 0.717) is 11.8 Å². The SMILES string of the molecule is CC(C)c1cccc(C(C)C)c1N1C(c2cccc(-c3cccc4c3N=C(c3cc(-c5ccccc5)cc(-c5ccccc5)c3O)C4(C)C)c2)=N[C@H]2c3ccccc3C[C@H]21. The fourth-order valence-electron chi connectivity index (χ4n) is 10.0. The number of phenolic OH excluding ortho intramolecular Hbond substituents is 1. The quantitative estimate of drug-likeness (QED) is 0.167. The van der Waals surface area contributed by atoms with Gasteiger partial charge in [-0.3, -0.25) is 9.98 Å². The number of nitrogens with zero attached hydrogens (tertiary/aromatic N) is 3. The molecule has 0 saturated heterocycles. The van der Waals surface area contributed by atoms with E-state index in [-0.39, 0.29) is 17.8 Å². The van der Waals surface area contributed by atoms with Gasteiger partial charge in [0.25, 0.3) is 0 Å². The second-order valence-corrected chi connectivity index (χ2v) is 17.9. The molecule has 0 radical (unpaired) electrons. The van der Waals surface area contributed by atoms with Crippen LogP contribution < -0.4 is 4.90 Å². The van der Waals surface area contributed by atoms with Crippen molar-refractivity contribution in [2.45, 2.75) is 77.3 Å². The highest BCUT2D eigenvalue weighted by Crippen LogP contribution is 2.51. The van der Waals surface area contributed by atoms with Crippen molar-refractivity contribution >= 4 is 22.9 Å². The van der Waals surface area contributed by atoms with Gasteiger partial charge in [-0.05, 0) is 86.5 Å². The molecule has 4 heteroatoms. The van der Waals surface area contributed by atoms with Crippen LogP contribution in [0.5, 0.6) is 5.75 Å². The van der Waals surface area contributed by atoms with Gasteiger partial charge >= 0.3 is 0 Å². The maximum absolute atomic E-state index is 12.2. The van der Waals surface area contributed by atoms with Crippen LogP contribution in [0.25, 0.3) is 33.4 Å². The molecule has 0 amide bonds. The fraction of sp³-hybridized carbons (Fsp3) is 0.214. The van der Waals surface area contributed by atoms with Gasteiger partial charge in [0.1, 0.15) is 11.6 Å². The lowest BCUT2D eigenvalue weighted by atomic mass is 9.77. The summed E-state index contributed by atoms with van der Waals surface area (Å²) in [6, 6.07) is 56.3. The number of aromatic hydroxyl groups is 1. The number of amidine groups is 1. The van der Waals surface area contributed by atoms with Crippen molar-refractivity contribution in [3.8, 4) is 39.1 Å². The maximum Gasteiger partial charge on any atom is 0.136 e. The molecule has 0 spiro atoms. The molecule has 2 aliphatic heterocycles. The van der Waals surface area contributed by atoms with E-state index in [4.69, 9.17) is 9.98 Å². The van der Waals surface area contributed by atoms with Crippen molar-refractivity contribution in [2.75, 3.05) is 4.90 Å². The van der Waals surface area contributed by atoms with Crippen LogP contribution in [-0.4, -0.2) is 22.7 Å². The molecule has 10 rings (SSSR count). The van der Waals surface area contributed by atoms with Crippen molar-refractivity contribution in [1.82, 2.24) is 0 Å². The van der Waals surface area contributed by atoms with Crippen LogP contribution in [0.3, 0.4) is 0 Å². The van der Waals surface area contributed by atoms with Gasteiger partial charge < -0.3 is 10.0 Å². The molecule has 2 atom stereocenters. The third-order valence-corrected chi connectivity index (χ3v) is 13.1. The Morgan fingerprint density at radius 3 is 1.90 bits per heavy atom. The highest BCUT2D eigenvalue weighted by molar-refractivity contribution is 6.17. The van der Waals surface area contributed by atoms with Crippen LogP contribution in [0.1, 0.15) is 98.4 Å². The zero-order valence-electron chi connectivity index (χ0n) is 35.3. The second kappa shape index (κ2) is 14.6. The van der Waals surface area contributed by atoms with E-state index < -0.39 is 5.41 Å². The molecule has 296 valence electrons. The Kier molecular flexibility index (Phi) is 9.20. The van der Waals surface area contributed by atoms with Gasteiger partial charge in [0.15, 0.2) is 0 Å². The van der Waals surface area contributed by atoms with Gasteiger partial charge in [-0.1, -0.05) is 181 Å². The lowest BCUT2D eigenvalue weighted by Crippen LogP contribution is -2.39. The van der Waals surface area contributed by atoms with E-state index >= 15 is 0 Å². The standard InChI is InChI=1S/C56H51N3O/c1-34(2)42-26-16-27-43(35(3)4)52(42)59-49-33-39-22-13-14-25-45(39)51(49)58-55(59)40-24-15-23-38(30-40)44-28-17-29-48-50(44)57-54(56(48,5)6)47-32-41(36-18-9-7-10-19-36)31-46(53(47)60)37-20-11-8-12-21-37/h7-32,34-35,49,51,60H,33H2,1-6H3/t49-,51+/m1/s1. The number of para-hydroxylation sites is 2. The topological polar surface area (TPSA) is 48.2 Å². The molecule has 60 heavy (non-hydrogen) atoms. The highest BCUT2D eigenvalue weighted by atomic mass is 16.3. The summed E-state index contributed by atoms with van der Waals surface area (Å²) in [5.74, 6) is 1.99. The van der Waals surface area contributed by atoms with Crippen LogP contribution >= 0.6 is 0 Å². The van der Waals surface area contributed by atoms with Crippen molar-refractivity contribution in [2.24, 2.45) is 9.98 Å². The van der Waals surface area contributed by atoms with Crippen LogP contribution in [0.15, 0.2) is 168 Å². The van der Waals surface area contributed by atoms with Gasteiger partial charge in [-0.25, -0.2) is 0 Å². The largest absolute Gasteiger partial charge is 0.507 e. The first-order valence-corrected chi connectivity index (χ1v) is 21.5. The number of hydrogen-bond acceptors (Lipinski definition) is 4. The summed E-state index contributed by atoms with van der Waals surface area (Å²) in [6.07, 6.45) is 0.959. The third kappa shape index (κ3) is 6.11. The van der Waals surface area contributed by atoms with Crippen molar-refractivity contribution < 1.29 is 5.11 Å². The van der Waals surface area contributed by atoms with Crippen LogP contribution in [0.2, 0.25) is 0 Å². The minimum Gasteiger partial charge on any atom is -0.507 e. The highest BCUT2D eigenvalue weighted by Gasteiger charge is 2.45. The van der Waals surface area contributed by atoms with Gasteiger partial charge in [-0.15, -0.1) is 0 Å². The number of anilines is 1. The molecular formula is C56H51N3O. The van der Waals surface area contributed by atoms with Crippen LogP contribution in [0.4, 0.5) is 11.4 Å². The summed E-state index contributed by atoms with van der Waals surface area (Å²) >= 11 is 0. The molecule has 0 fully saturated rings. The summed E-state index contributed by atoms with van der Waals surface area (Å²) in [5, 5.41) is 12.2. The summed E-state index contributed by atoms with van der Waals surface area (Å²) in [6.45, 7) is 13.7. The Labute approximate surface area is 354 Å². The summed E-state index contributed by atoms with van der Waals surface area (Å²) in [4.78, 5) is 13.8. The predicted molar refractivity (Wildman–Crippen MR) is 250 cm³/mol. The minimum absolute atomic E-state index is 0.0640. The Hall–Kier alpha value is -6.52. The van der Waals surface area contributed by atoms with Gasteiger partial charge in [0.05, 0.1) is 23.5 Å². The number of phenols is 1. The summed E-state index contributed by atoms with van der Waals surface area (Å²) < 4.78 is 0. The Balaban J connectivity index is 1.12. The molecule has 2 heterocycles. The normalized spacial score (nSPS) is 17.4. The first-order valence-electron chi connectivity index (χ1n) is 21.5. The van der Waals surface area contributed by atoms with Gasteiger partial charge in [0, 0.05) is 33.4 Å². The van der Waals surface area contributed by atoms with Crippen LogP contribution in [-0.2, 0) is 11.8 Å². The lowest BCUT2D eigenvalue weighted by Gasteiger charge is -2.34. The molecule has 4 nitrogen and oxygen atoms in total. The molecule has 7 aromatic rings. The van der Waals surface area contributed by atoms with E-state index in [1.54, 1.807) is 0 Å². The molecular weight excluding hydrogens is 731 g/mol. The monoisotopic (exact) mass is 781 g/mol. The van der Waals surface area contributed by atoms with Crippen molar-refractivity contribution in [3.05, 3.63) is 197 Å². The van der Waals surface area contributed by atoms with Gasteiger partial charge in [-0.2, -0.15) is 0 Å². The first kappa shape index (κ1) is 37.7. The maximum atomic E-state index is 12.2. The van der Waals surface area contributed by atoms with Gasteiger partial charge in [0.2, 0.25) is 0 Å². The zero-order chi connectivity index (χ0) is 41.3. The number of aliphatic imine (C=N–C) groups is 2. The second-order valence-electron chi connectivity index (χ2n) is 17.9. The van der Waals surface area contributed by atoms with Crippen LogP contribution in [0, 0.1) is 0 Å². The number of benzene rings is 7. The minimum atomic E-state index is -0.478. The van der Waals surface area contributed by atoms with Crippen molar-refractivity contribution in [3.63, 3.8) is 0 Å². The molecule has 0 bridgehead atoms. The number of hydrogen-bond donors (Lipinski definition) is 1. The smallest absolute Gasteiger partial charge is 0.136 e. The number of rotatable bonds is 8. The molecule has 7 aromatic carbocycles. The fourth-order valence-corrected chi connectivity index (χ4v) is 10.0. The third-order valence-electron chi connectivity index (χ3n) is 13.1. The Morgan fingerprint density at radius 1 is 0.583 bits per heavy atom. The van der Waals surface area contributed by atoms with E-state index in [9.17, 15) is 5.11 Å². The molecule has 0 saturated carbocycles. The summed E-state index contributed by atoms with van der Waals surface area (Å²) in [7, 11) is 0. The Bertz CT molecular complexity index is 2820. The summed E-state index contributed by atoms with van der Waals surface area (Å²) in [5.41, 5.74) is 17.2. The van der Waals surface area contributed by atoms with E-state index in [2.05, 4.69) is 180 Å².